The Labute approximate surface area is 123 Å². The zero-order valence-electron chi connectivity index (χ0n) is 12.6. The maximum Gasteiger partial charge on any atom is 0.0602 e. The molecule has 0 aromatic carbocycles. The van der Waals surface area contributed by atoms with Gasteiger partial charge in [-0.15, -0.1) is 0 Å². The molecule has 1 saturated heterocycles. The lowest BCUT2D eigenvalue weighted by Gasteiger charge is -2.53. The largest absolute Gasteiger partial charge is 0.315 e. The molecule has 0 spiro atoms. The van der Waals surface area contributed by atoms with E-state index in [1.807, 2.05) is 0 Å². The first-order valence-corrected chi connectivity index (χ1v) is 8.80. The summed E-state index contributed by atoms with van der Waals surface area (Å²) in [5, 5.41) is 3.47. The molecular formula is C18H28N2. The van der Waals surface area contributed by atoms with E-state index in [1.165, 1.54) is 51.7 Å². The van der Waals surface area contributed by atoms with Gasteiger partial charge in [0, 0.05) is 25.6 Å². The minimum absolute atomic E-state index is 0.757. The highest BCUT2D eigenvalue weighted by atomic mass is 15.1. The zero-order chi connectivity index (χ0) is 13.4. The molecule has 0 radical (unpaired) electrons. The zero-order valence-corrected chi connectivity index (χ0v) is 12.6. The van der Waals surface area contributed by atoms with Crippen molar-refractivity contribution in [2.24, 2.45) is 29.6 Å². The number of rotatable bonds is 1. The molecule has 0 unspecified atom stereocenters. The van der Waals surface area contributed by atoms with Crippen LogP contribution in [0.15, 0.2) is 0 Å². The van der Waals surface area contributed by atoms with E-state index >= 15 is 0 Å². The van der Waals surface area contributed by atoms with E-state index in [1.54, 1.807) is 6.42 Å². The van der Waals surface area contributed by atoms with Crippen molar-refractivity contribution >= 4 is 0 Å². The SMILES string of the molecule is C(#CC1C2CC3CC(C2)CC1C3)CN1CCCNCC1. The molecule has 1 N–H and O–H groups in total. The van der Waals surface area contributed by atoms with Crippen molar-refractivity contribution in [3.05, 3.63) is 0 Å². The Kier molecular flexibility index (Phi) is 3.75. The molecule has 20 heavy (non-hydrogen) atoms. The average Bonchev–Trinajstić information content (AvgIpc) is 2.70. The van der Waals surface area contributed by atoms with Crippen LogP contribution in [0.25, 0.3) is 0 Å². The van der Waals surface area contributed by atoms with E-state index < -0.39 is 0 Å². The number of nitrogens with zero attached hydrogens (tertiary/aromatic N) is 1. The van der Waals surface area contributed by atoms with Crippen molar-refractivity contribution in [3.63, 3.8) is 0 Å². The van der Waals surface area contributed by atoms with Crippen LogP contribution in [0.5, 0.6) is 0 Å². The summed E-state index contributed by atoms with van der Waals surface area (Å²) in [4.78, 5) is 2.53. The predicted molar refractivity (Wildman–Crippen MR) is 82.2 cm³/mol. The van der Waals surface area contributed by atoms with Gasteiger partial charge in [-0.25, -0.2) is 0 Å². The quantitative estimate of drug-likeness (QED) is 0.737. The summed E-state index contributed by atoms with van der Waals surface area (Å²) in [6, 6.07) is 0. The van der Waals surface area contributed by atoms with Gasteiger partial charge in [-0.3, -0.25) is 4.90 Å². The van der Waals surface area contributed by atoms with Crippen LogP contribution in [0.1, 0.15) is 38.5 Å². The van der Waals surface area contributed by atoms with Crippen molar-refractivity contribution in [3.8, 4) is 11.8 Å². The van der Waals surface area contributed by atoms with Crippen LogP contribution in [-0.2, 0) is 0 Å². The monoisotopic (exact) mass is 272 g/mol. The molecule has 1 heterocycles. The van der Waals surface area contributed by atoms with Gasteiger partial charge >= 0.3 is 0 Å². The molecule has 2 nitrogen and oxygen atoms in total. The summed E-state index contributed by atoms with van der Waals surface area (Å²) in [6.45, 7) is 5.73. The third-order valence-corrected chi connectivity index (χ3v) is 6.23. The smallest absolute Gasteiger partial charge is 0.0602 e. The second-order valence-electron chi connectivity index (χ2n) is 7.66. The van der Waals surface area contributed by atoms with Gasteiger partial charge in [-0.1, -0.05) is 11.8 Å². The summed E-state index contributed by atoms with van der Waals surface area (Å²) in [5.74, 6) is 12.1. The van der Waals surface area contributed by atoms with Crippen molar-refractivity contribution in [1.29, 1.82) is 0 Å². The van der Waals surface area contributed by atoms with E-state index in [4.69, 9.17) is 0 Å². The van der Waals surface area contributed by atoms with Gasteiger partial charge in [-0.2, -0.15) is 0 Å². The Morgan fingerprint density at radius 3 is 2.40 bits per heavy atom. The third-order valence-electron chi connectivity index (χ3n) is 6.23. The first-order valence-electron chi connectivity index (χ1n) is 8.80. The molecule has 0 aromatic heterocycles. The number of hydrogen-bond donors (Lipinski definition) is 1. The Bertz CT molecular complexity index is 369. The lowest BCUT2D eigenvalue weighted by atomic mass is 9.52. The minimum atomic E-state index is 0.757. The molecule has 1 aliphatic heterocycles. The van der Waals surface area contributed by atoms with Crippen molar-refractivity contribution in [1.82, 2.24) is 10.2 Å². The van der Waals surface area contributed by atoms with Crippen molar-refractivity contribution in [2.45, 2.75) is 38.5 Å². The number of nitrogens with one attached hydrogen (secondary N) is 1. The summed E-state index contributed by atoms with van der Waals surface area (Å²) in [5.41, 5.74) is 0. The molecule has 110 valence electrons. The fraction of sp³-hybridized carbons (Fsp3) is 0.889. The highest BCUT2D eigenvalue weighted by Gasteiger charge is 2.47. The molecule has 4 saturated carbocycles. The minimum Gasteiger partial charge on any atom is -0.315 e. The second kappa shape index (κ2) is 5.70. The van der Waals surface area contributed by atoms with Crippen molar-refractivity contribution in [2.75, 3.05) is 32.7 Å². The first kappa shape index (κ1) is 13.2. The summed E-state index contributed by atoms with van der Waals surface area (Å²) < 4.78 is 0. The van der Waals surface area contributed by atoms with Gasteiger partial charge in [0.1, 0.15) is 0 Å². The lowest BCUT2D eigenvalue weighted by Crippen LogP contribution is -2.44. The highest BCUT2D eigenvalue weighted by Crippen LogP contribution is 2.56. The van der Waals surface area contributed by atoms with Gasteiger partial charge in [0.2, 0.25) is 0 Å². The van der Waals surface area contributed by atoms with Crippen LogP contribution in [0.3, 0.4) is 0 Å². The van der Waals surface area contributed by atoms with E-state index in [9.17, 15) is 0 Å². The molecular weight excluding hydrogens is 244 g/mol. The van der Waals surface area contributed by atoms with Gasteiger partial charge in [0.05, 0.1) is 6.54 Å². The Hall–Kier alpha value is -0.520. The molecule has 5 aliphatic rings. The molecule has 5 rings (SSSR count). The standard InChI is InChI=1S/C18H28N2/c1(6-20-7-2-4-19-5-8-20)3-18-16-10-14-9-15(12-16)13-17(18)11-14/h14-19H,2,4-13H2. The van der Waals surface area contributed by atoms with E-state index in [0.29, 0.717) is 0 Å². The summed E-state index contributed by atoms with van der Waals surface area (Å²) in [6.07, 6.45) is 8.83. The maximum absolute atomic E-state index is 3.72. The van der Waals surface area contributed by atoms with Crippen molar-refractivity contribution < 1.29 is 0 Å². The van der Waals surface area contributed by atoms with Gasteiger partial charge in [0.15, 0.2) is 0 Å². The Balaban J connectivity index is 1.36. The average molecular weight is 272 g/mol. The van der Waals surface area contributed by atoms with Crippen LogP contribution in [0.4, 0.5) is 0 Å². The predicted octanol–water partition coefficient (Wildman–Crippen LogP) is 2.36. The molecule has 0 aromatic rings. The molecule has 5 fully saturated rings. The van der Waals surface area contributed by atoms with Crippen LogP contribution >= 0.6 is 0 Å². The molecule has 4 bridgehead atoms. The van der Waals surface area contributed by atoms with E-state index in [0.717, 1.165) is 42.7 Å². The van der Waals surface area contributed by atoms with Crippen LogP contribution in [0, 0.1) is 41.4 Å². The topological polar surface area (TPSA) is 15.3 Å². The molecule has 4 aliphatic carbocycles. The van der Waals surface area contributed by atoms with E-state index in [-0.39, 0.29) is 0 Å². The van der Waals surface area contributed by atoms with Crippen LogP contribution in [0.2, 0.25) is 0 Å². The molecule has 0 amide bonds. The van der Waals surface area contributed by atoms with Gasteiger partial charge in [-0.05, 0) is 68.7 Å². The third kappa shape index (κ3) is 2.63. The van der Waals surface area contributed by atoms with Gasteiger partial charge in [0.25, 0.3) is 0 Å². The molecule has 2 heteroatoms. The van der Waals surface area contributed by atoms with Crippen LogP contribution < -0.4 is 5.32 Å². The number of hydrogen-bond acceptors (Lipinski definition) is 2. The molecule has 0 atom stereocenters. The second-order valence-corrected chi connectivity index (χ2v) is 7.66. The summed E-state index contributed by atoms with van der Waals surface area (Å²) in [7, 11) is 0. The first-order chi connectivity index (χ1) is 9.88. The highest BCUT2D eigenvalue weighted by molar-refractivity contribution is 5.14. The fourth-order valence-corrected chi connectivity index (χ4v) is 5.50. The van der Waals surface area contributed by atoms with E-state index in [2.05, 4.69) is 22.1 Å². The lowest BCUT2D eigenvalue weighted by molar-refractivity contribution is -0.0123. The Morgan fingerprint density at radius 2 is 1.65 bits per heavy atom. The summed E-state index contributed by atoms with van der Waals surface area (Å²) >= 11 is 0. The van der Waals surface area contributed by atoms with Gasteiger partial charge < -0.3 is 5.32 Å². The normalized spacial score (nSPS) is 43.9. The van der Waals surface area contributed by atoms with Crippen LogP contribution in [-0.4, -0.2) is 37.6 Å². The Morgan fingerprint density at radius 1 is 0.900 bits per heavy atom. The fourth-order valence-electron chi connectivity index (χ4n) is 5.50. The maximum atomic E-state index is 3.72.